The molecule has 3 nitrogen and oxygen atoms in total. The lowest BCUT2D eigenvalue weighted by atomic mass is 9.86. The molecule has 3 heteroatoms. The molecule has 112 valence electrons. The fourth-order valence-corrected chi connectivity index (χ4v) is 2.35. The molecule has 2 aromatic rings. The molecule has 1 atom stereocenters. The van der Waals surface area contributed by atoms with Crippen molar-refractivity contribution in [1.82, 2.24) is 0 Å². The third-order valence-electron chi connectivity index (χ3n) is 4.01. The summed E-state index contributed by atoms with van der Waals surface area (Å²) in [5.74, 6) is 1.26. The predicted molar refractivity (Wildman–Crippen MR) is 84.1 cm³/mol. The van der Waals surface area contributed by atoms with Crippen molar-refractivity contribution in [2.24, 2.45) is 0 Å². The van der Waals surface area contributed by atoms with Gasteiger partial charge < -0.3 is 14.6 Å². The first-order chi connectivity index (χ1) is 9.90. The summed E-state index contributed by atoms with van der Waals surface area (Å²) in [5, 5.41) is 11.0. The van der Waals surface area contributed by atoms with Gasteiger partial charge in [-0.1, -0.05) is 24.3 Å². The minimum absolute atomic E-state index is 0.610. The van der Waals surface area contributed by atoms with Gasteiger partial charge >= 0.3 is 0 Å². The Labute approximate surface area is 126 Å². The fraction of sp³-hybridized carbons (Fsp3) is 0.333. The third-order valence-corrected chi connectivity index (χ3v) is 4.01. The Morgan fingerprint density at radius 2 is 1.38 bits per heavy atom. The van der Waals surface area contributed by atoms with Crippen LogP contribution in [-0.2, 0) is 5.60 Å². The van der Waals surface area contributed by atoms with Crippen molar-refractivity contribution in [2.45, 2.75) is 26.4 Å². The van der Waals surface area contributed by atoms with E-state index in [0.717, 1.165) is 16.7 Å². The van der Waals surface area contributed by atoms with Crippen LogP contribution in [0, 0.1) is 13.8 Å². The Balaban J connectivity index is 2.49. The Hall–Kier alpha value is -2.00. The van der Waals surface area contributed by atoms with E-state index in [9.17, 15) is 5.11 Å². The van der Waals surface area contributed by atoms with Crippen LogP contribution in [0.25, 0.3) is 0 Å². The quantitative estimate of drug-likeness (QED) is 0.933. The minimum atomic E-state index is -1.09. The SMILES string of the molecule is COc1ccc(C(C)(O)c2ccc(C)c(C)c2)cc1OC. The van der Waals surface area contributed by atoms with Crippen molar-refractivity contribution in [3.05, 3.63) is 58.7 Å². The summed E-state index contributed by atoms with van der Waals surface area (Å²) in [5.41, 5.74) is 2.91. The molecule has 0 aromatic heterocycles. The van der Waals surface area contributed by atoms with Crippen LogP contribution in [0.4, 0.5) is 0 Å². The average Bonchev–Trinajstić information content (AvgIpc) is 2.49. The third kappa shape index (κ3) is 2.88. The number of rotatable bonds is 4. The summed E-state index contributed by atoms with van der Waals surface area (Å²) in [6, 6.07) is 11.5. The highest BCUT2D eigenvalue weighted by Crippen LogP contribution is 2.36. The number of hydrogen-bond acceptors (Lipinski definition) is 3. The second kappa shape index (κ2) is 5.78. The molecule has 0 saturated carbocycles. The van der Waals surface area contributed by atoms with E-state index in [-0.39, 0.29) is 0 Å². The van der Waals surface area contributed by atoms with Crippen molar-refractivity contribution in [2.75, 3.05) is 14.2 Å². The number of aryl methyl sites for hydroxylation is 2. The van der Waals surface area contributed by atoms with E-state index < -0.39 is 5.60 Å². The minimum Gasteiger partial charge on any atom is -0.493 e. The normalized spacial score (nSPS) is 13.6. The Bertz CT molecular complexity index is 645. The molecule has 21 heavy (non-hydrogen) atoms. The summed E-state index contributed by atoms with van der Waals surface area (Å²) in [6.07, 6.45) is 0. The van der Waals surface area contributed by atoms with Gasteiger partial charge in [0.15, 0.2) is 11.5 Å². The van der Waals surface area contributed by atoms with E-state index in [0.29, 0.717) is 11.5 Å². The topological polar surface area (TPSA) is 38.7 Å². The van der Waals surface area contributed by atoms with Crippen LogP contribution in [0.15, 0.2) is 36.4 Å². The first-order valence-electron chi connectivity index (χ1n) is 6.92. The maximum absolute atomic E-state index is 11.0. The van der Waals surface area contributed by atoms with Gasteiger partial charge in [-0.25, -0.2) is 0 Å². The van der Waals surface area contributed by atoms with Gasteiger partial charge in [0.05, 0.1) is 14.2 Å². The van der Waals surface area contributed by atoms with Crippen LogP contribution in [0.3, 0.4) is 0 Å². The fourth-order valence-electron chi connectivity index (χ4n) is 2.35. The molecule has 0 aliphatic carbocycles. The van der Waals surface area contributed by atoms with Gasteiger partial charge in [0.1, 0.15) is 5.60 Å². The van der Waals surface area contributed by atoms with Crippen molar-refractivity contribution in [3.8, 4) is 11.5 Å². The van der Waals surface area contributed by atoms with E-state index in [2.05, 4.69) is 6.92 Å². The van der Waals surface area contributed by atoms with E-state index in [4.69, 9.17) is 9.47 Å². The highest BCUT2D eigenvalue weighted by Gasteiger charge is 2.27. The van der Waals surface area contributed by atoms with E-state index in [1.54, 1.807) is 21.1 Å². The second-order valence-corrected chi connectivity index (χ2v) is 5.44. The van der Waals surface area contributed by atoms with E-state index in [1.165, 1.54) is 5.56 Å². The highest BCUT2D eigenvalue weighted by atomic mass is 16.5. The van der Waals surface area contributed by atoms with Gasteiger partial charge in [0.25, 0.3) is 0 Å². The largest absolute Gasteiger partial charge is 0.493 e. The molecule has 0 amide bonds. The van der Waals surface area contributed by atoms with Crippen LogP contribution >= 0.6 is 0 Å². The number of aliphatic hydroxyl groups is 1. The van der Waals surface area contributed by atoms with Crippen LogP contribution in [0.5, 0.6) is 11.5 Å². The maximum Gasteiger partial charge on any atom is 0.161 e. The molecule has 1 unspecified atom stereocenters. The van der Waals surface area contributed by atoms with Crippen molar-refractivity contribution in [1.29, 1.82) is 0 Å². The molecule has 0 aliphatic heterocycles. The van der Waals surface area contributed by atoms with Gasteiger partial charge in [-0.15, -0.1) is 0 Å². The Morgan fingerprint density at radius 3 is 1.95 bits per heavy atom. The first-order valence-corrected chi connectivity index (χ1v) is 6.92. The zero-order valence-electron chi connectivity index (χ0n) is 13.2. The summed E-state index contributed by atoms with van der Waals surface area (Å²) in [7, 11) is 3.19. The van der Waals surface area contributed by atoms with E-state index >= 15 is 0 Å². The zero-order chi connectivity index (χ0) is 15.6. The van der Waals surface area contributed by atoms with Crippen LogP contribution in [0.2, 0.25) is 0 Å². The van der Waals surface area contributed by atoms with Gasteiger partial charge in [-0.05, 0) is 55.2 Å². The Kier molecular flexibility index (Phi) is 4.24. The van der Waals surface area contributed by atoms with E-state index in [1.807, 2.05) is 43.3 Å². The predicted octanol–water partition coefficient (Wildman–Crippen LogP) is 3.58. The standard InChI is InChI=1S/C18H22O3/c1-12-6-7-14(10-13(12)2)18(3,19)15-8-9-16(20-4)17(11-15)21-5/h6-11,19H,1-5H3. The number of ether oxygens (including phenoxy) is 2. The lowest BCUT2D eigenvalue weighted by molar-refractivity contribution is 0.102. The van der Waals surface area contributed by atoms with Crippen LogP contribution < -0.4 is 9.47 Å². The summed E-state index contributed by atoms with van der Waals surface area (Å²) < 4.78 is 10.6. The molecule has 2 aromatic carbocycles. The van der Waals surface area contributed by atoms with Gasteiger partial charge in [0, 0.05) is 0 Å². The molecule has 0 heterocycles. The molecule has 2 rings (SSSR count). The monoisotopic (exact) mass is 286 g/mol. The number of methoxy groups -OCH3 is 2. The zero-order valence-corrected chi connectivity index (χ0v) is 13.2. The van der Waals surface area contributed by atoms with Gasteiger partial charge in [-0.2, -0.15) is 0 Å². The number of benzene rings is 2. The first kappa shape index (κ1) is 15.4. The highest BCUT2D eigenvalue weighted by molar-refractivity contribution is 5.48. The molecular weight excluding hydrogens is 264 g/mol. The lowest BCUT2D eigenvalue weighted by Crippen LogP contribution is -2.23. The lowest BCUT2D eigenvalue weighted by Gasteiger charge is -2.26. The summed E-state index contributed by atoms with van der Waals surface area (Å²) in [6.45, 7) is 5.89. The molecule has 0 spiro atoms. The van der Waals surface area contributed by atoms with Crippen molar-refractivity contribution < 1.29 is 14.6 Å². The summed E-state index contributed by atoms with van der Waals surface area (Å²) in [4.78, 5) is 0. The van der Waals surface area contributed by atoms with Gasteiger partial charge in [-0.3, -0.25) is 0 Å². The van der Waals surface area contributed by atoms with Crippen molar-refractivity contribution >= 4 is 0 Å². The molecule has 0 aliphatic rings. The molecule has 0 bridgehead atoms. The smallest absolute Gasteiger partial charge is 0.161 e. The Morgan fingerprint density at radius 1 is 0.810 bits per heavy atom. The average molecular weight is 286 g/mol. The number of hydrogen-bond donors (Lipinski definition) is 1. The maximum atomic E-state index is 11.0. The van der Waals surface area contributed by atoms with Crippen molar-refractivity contribution in [3.63, 3.8) is 0 Å². The molecule has 0 saturated heterocycles. The second-order valence-electron chi connectivity index (χ2n) is 5.44. The van der Waals surface area contributed by atoms with Crippen LogP contribution in [-0.4, -0.2) is 19.3 Å². The molecular formula is C18H22O3. The molecule has 1 N–H and O–H groups in total. The van der Waals surface area contributed by atoms with Gasteiger partial charge in [0.2, 0.25) is 0 Å². The molecule has 0 radical (unpaired) electrons. The van der Waals surface area contributed by atoms with Crippen LogP contribution in [0.1, 0.15) is 29.2 Å². The molecule has 0 fully saturated rings. The summed E-state index contributed by atoms with van der Waals surface area (Å²) >= 11 is 0.